The Kier molecular flexibility index (Phi) is 8.04. The quantitative estimate of drug-likeness (QED) is 0.201. The number of fused-ring (bicyclic) bond motifs is 3. The first kappa shape index (κ1) is 28.6. The van der Waals surface area contributed by atoms with Crippen molar-refractivity contribution in [3.05, 3.63) is 59.4 Å². The second-order valence-electron chi connectivity index (χ2n) is 10.6. The number of carbonyl (C=O) groups excluding carboxylic acids is 2. The molecule has 1 aliphatic rings. The number of hydrogen-bond acceptors (Lipinski definition) is 5. The summed E-state index contributed by atoms with van der Waals surface area (Å²) in [5, 5.41) is 4.87. The van der Waals surface area contributed by atoms with Gasteiger partial charge in [0.15, 0.2) is 11.5 Å². The van der Waals surface area contributed by atoms with E-state index in [0.717, 1.165) is 38.9 Å². The molecule has 0 atom stereocenters. The summed E-state index contributed by atoms with van der Waals surface area (Å²) in [7, 11) is -4.02. The van der Waals surface area contributed by atoms with Crippen LogP contribution in [0.2, 0.25) is 0 Å². The summed E-state index contributed by atoms with van der Waals surface area (Å²) in [6, 6.07) is 13.7. The van der Waals surface area contributed by atoms with Crippen LogP contribution in [0, 0.1) is 0 Å². The lowest BCUT2D eigenvalue weighted by Crippen LogP contribution is -2.27. The number of hydrogen-bond donors (Lipinski definition) is 2. The zero-order chi connectivity index (χ0) is 28.5. The van der Waals surface area contributed by atoms with Crippen LogP contribution in [-0.2, 0) is 15.5 Å². The number of nitrogens with one attached hydrogen (secondary N) is 1. The summed E-state index contributed by atoms with van der Waals surface area (Å²) in [6.07, 6.45) is 1.37. The molecule has 1 aromatic heterocycles. The van der Waals surface area contributed by atoms with Crippen molar-refractivity contribution >= 4 is 44.0 Å². The summed E-state index contributed by atoms with van der Waals surface area (Å²) in [6.45, 7) is 11.1. The average Bonchev–Trinajstić information content (AvgIpc) is 3.08. The molecule has 9 heteroatoms. The minimum absolute atomic E-state index is 0.0923. The molecule has 39 heavy (non-hydrogen) atoms. The van der Waals surface area contributed by atoms with Crippen LogP contribution in [0.25, 0.3) is 21.9 Å². The monoisotopic (exact) mass is 550 g/mol. The van der Waals surface area contributed by atoms with E-state index >= 15 is 0 Å². The van der Waals surface area contributed by atoms with Gasteiger partial charge in [-0.1, -0.05) is 19.1 Å². The van der Waals surface area contributed by atoms with E-state index in [1.54, 1.807) is 12.1 Å². The van der Waals surface area contributed by atoms with Gasteiger partial charge in [0.05, 0.1) is 11.2 Å². The highest BCUT2D eigenvalue weighted by molar-refractivity contribution is 7.85. The van der Waals surface area contributed by atoms with Gasteiger partial charge in [0.1, 0.15) is 17.9 Å². The fourth-order valence-corrected chi connectivity index (χ4v) is 5.83. The SMILES string of the molecule is CCCC(=O)c1cc(-c2ccc3c4c(ccc3c2)[N+](CCCS(=O)(=O)O)=C(C)C4(C)C)cc(C(=O)NCC)n1. The molecule has 0 saturated heterocycles. The molecule has 4 rings (SSSR count). The Bertz CT molecular complexity index is 1570. The van der Waals surface area contributed by atoms with Gasteiger partial charge in [-0.05, 0) is 73.4 Å². The molecule has 0 saturated carbocycles. The maximum absolute atomic E-state index is 12.7. The Balaban J connectivity index is 1.78. The lowest BCUT2D eigenvalue weighted by Gasteiger charge is -2.18. The standard InChI is InChI=1S/C30H35N3O5S/c1-6-9-27(34)24-17-22(18-25(32-24)29(35)31-7-2)20-10-12-23-21(16-20)11-13-26-28(23)30(4,5)19(3)33(26)14-8-15-39(36,37)38/h10-13,16-18H,6-9,14-15H2,1-5H3,(H-,31,35,36,37,38)/p+1. The highest BCUT2D eigenvalue weighted by atomic mass is 32.2. The van der Waals surface area contributed by atoms with Gasteiger partial charge in [0.25, 0.3) is 16.0 Å². The number of rotatable bonds is 10. The smallest absolute Gasteiger partial charge is 0.269 e. The number of Topliss-reactive ketones (excluding diaryl/α,β-unsaturated/α-hetero) is 1. The minimum atomic E-state index is -4.02. The lowest BCUT2D eigenvalue weighted by molar-refractivity contribution is -0.438. The van der Waals surface area contributed by atoms with Crippen molar-refractivity contribution in [3.63, 3.8) is 0 Å². The van der Waals surface area contributed by atoms with E-state index < -0.39 is 10.1 Å². The third kappa shape index (κ3) is 5.79. The number of nitrogens with zero attached hydrogens (tertiary/aromatic N) is 2. The van der Waals surface area contributed by atoms with E-state index in [1.165, 1.54) is 0 Å². The van der Waals surface area contributed by atoms with Gasteiger partial charge in [0, 0.05) is 37.9 Å². The molecule has 8 nitrogen and oxygen atoms in total. The van der Waals surface area contributed by atoms with Crippen molar-refractivity contribution in [2.45, 2.75) is 59.3 Å². The van der Waals surface area contributed by atoms with Crippen LogP contribution >= 0.6 is 0 Å². The summed E-state index contributed by atoms with van der Waals surface area (Å²) in [5.41, 5.74) is 5.16. The third-order valence-corrected chi connectivity index (χ3v) is 8.30. The number of amides is 1. The molecule has 206 valence electrons. The Morgan fingerprint density at radius 2 is 1.74 bits per heavy atom. The number of pyridine rings is 1. The molecule has 0 aliphatic carbocycles. The zero-order valence-corrected chi connectivity index (χ0v) is 24.0. The molecule has 1 aliphatic heterocycles. The number of carbonyl (C=O) groups is 2. The molecule has 2 heterocycles. The van der Waals surface area contributed by atoms with Crippen LogP contribution in [-0.4, -0.2) is 58.8 Å². The molecular formula is C30H36N3O5S+. The van der Waals surface area contributed by atoms with Crippen molar-refractivity contribution in [2.75, 3.05) is 18.8 Å². The summed E-state index contributed by atoms with van der Waals surface area (Å²) in [4.78, 5) is 29.7. The van der Waals surface area contributed by atoms with Gasteiger partial charge in [0.2, 0.25) is 5.69 Å². The second kappa shape index (κ2) is 11.0. The predicted molar refractivity (Wildman–Crippen MR) is 154 cm³/mol. The molecule has 3 aromatic rings. The Morgan fingerprint density at radius 3 is 2.41 bits per heavy atom. The lowest BCUT2D eigenvalue weighted by atomic mass is 9.79. The predicted octanol–water partition coefficient (Wildman–Crippen LogP) is 5.31. The molecule has 2 N–H and O–H groups in total. The fraction of sp³-hybridized carbons (Fsp3) is 0.400. The zero-order valence-electron chi connectivity index (χ0n) is 23.2. The molecule has 0 fully saturated rings. The molecular weight excluding hydrogens is 514 g/mol. The second-order valence-corrected chi connectivity index (χ2v) is 12.1. The van der Waals surface area contributed by atoms with Gasteiger partial charge in [-0.2, -0.15) is 13.0 Å². The highest BCUT2D eigenvalue weighted by Crippen LogP contribution is 2.44. The topological polar surface area (TPSA) is 116 Å². The van der Waals surface area contributed by atoms with Crippen molar-refractivity contribution in [3.8, 4) is 11.1 Å². The average molecular weight is 551 g/mol. The first-order valence-corrected chi connectivity index (χ1v) is 15.0. The number of benzene rings is 2. The van der Waals surface area contributed by atoms with Gasteiger partial charge >= 0.3 is 0 Å². The van der Waals surface area contributed by atoms with E-state index in [1.807, 2.05) is 26.0 Å². The van der Waals surface area contributed by atoms with Crippen molar-refractivity contribution in [1.82, 2.24) is 10.3 Å². The van der Waals surface area contributed by atoms with Crippen LogP contribution in [0.4, 0.5) is 5.69 Å². The highest BCUT2D eigenvalue weighted by Gasteiger charge is 2.44. The van der Waals surface area contributed by atoms with E-state index in [4.69, 9.17) is 4.55 Å². The van der Waals surface area contributed by atoms with Gasteiger partial charge in [-0.25, -0.2) is 4.98 Å². The normalized spacial score (nSPS) is 14.5. The Morgan fingerprint density at radius 1 is 1.03 bits per heavy atom. The van der Waals surface area contributed by atoms with Crippen molar-refractivity contribution in [1.29, 1.82) is 0 Å². The van der Waals surface area contributed by atoms with Crippen LogP contribution in [0.3, 0.4) is 0 Å². The van der Waals surface area contributed by atoms with Crippen LogP contribution in [0.1, 0.15) is 80.4 Å². The fourth-order valence-electron chi connectivity index (χ4n) is 5.33. The molecule has 0 spiro atoms. The molecule has 1 amide bonds. The summed E-state index contributed by atoms with van der Waals surface area (Å²) < 4.78 is 33.8. The van der Waals surface area contributed by atoms with Gasteiger partial charge in [-0.15, -0.1) is 0 Å². The third-order valence-electron chi connectivity index (χ3n) is 7.50. The maximum Gasteiger partial charge on any atom is 0.269 e. The molecule has 0 radical (unpaired) electrons. The Labute approximate surface area is 229 Å². The summed E-state index contributed by atoms with van der Waals surface area (Å²) >= 11 is 0. The number of ketones is 1. The molecule has 0 unspecified atom stereocenters. The van der Waals surface area contributed by atoms with E-state index in [9.17, 15) is 18.0 Å². The van der Waals surface area contributed by atoms with Crippen LogP contribution < -0.4 is 5.32 Å². The molecule has 0 bridgehead atoms. The Hall–Kier alpha value is -3.43. The van der Waals surface area contributed by atoms with E-state index in [2.05, 4.69) is 53.8 Å². The van der Waals surface area contributed by atoms with Gasteiger partial charge in [-0.3, -0.25) is 14.1 Å². The molecule has 2 aromatic carbocycles. The van der Waals surface area contributed by atoms with Gasteiger partial charge < -0.3 is 5.32 Å². The largest absolute Gasteiger partial charge is 0.351 e. The van der Waals surface area contributed by atoms with E-state index in [0.29, 0.717) is 32.4 Å². The maximum atomic E-state index is 12.7. The van der Waals surface area contributed by atoms with E-state index in [-0.39, 0.29) is 34.2 Å². The van der Waals surface area contributed by atoms with Crippen LogP contribution in [0.5, 0.6) is 0 Å². The first-order chi connectivity index (χ1) is 18.4. The minimum Gasteiger partial charge on any atom is -0.351 e. The first-order valence-electron chi connectivity index (χ1n) is 13.3. The van der Waals surface area contributed by atoms with Crippen molar-refractivity contribution < 1.29 is 27.1 Å². The van der Waals surface area contributed by atoms with Crippen molar-refractivity contribution in [2.24, 2.45) is 0 Å². The van der Waals surface area contributed by atoms with Crippen LogP contribution in [0.15, 0.2) is 42.5 Å². The number of aromatic nitrogens is 1. The summed E-state index contributed by atoms with van der Waals surface area (Å²) in [5.74, 6) is -0.688.